The summed E-state index contributed by atoms with van der Waals surface area (Å²) in [7, 11) is 0. The van der Waals surface area contributed by atoms with Crippen LogP contribution in [0.15, 0.2) is 0 Å². The van der Waals surface area contributed by atoms with Gasteiger partial charge >= 0.3 is 0 Å². The highest BCUT2D eigenvalue weighted by Gasteiger charge is 2.39. The number of nitrogens with one attached hydrogen (secondary N) is 2. The molecule has 5 heteroatoms. The molecule has 0 aromatic heterocycles. The van der Waals surface area contributed by atoms with Gasteiger partial charge < -0.3 is 0 Å². The van der Waals surface area contributed by atoms with E-state index in [1.165, 1.54) is 0 Å². The maximum Gasteiger partial charge on any atom is 0.0336 e. The Kier molecular flexibility index (Phi) is 5.37. The quantitative estimate of drug-likeness (QED) is 0.540. The molecule has 14 heavy (non-hydrogen) atoms. The summed E-state index contributed by atoms with van der Waals surface area (Å²) in [5.74, 6) is 1.53. The molecule has 3 nitrogen and oxygen atoms in total. The predicted molar refractivity (Wildman–Crippen MR) is 77.2 cm³/mol. The molecule has 0 spiro atoms. The Morgan fingerprint density at radius 1 is 1.29 bits per heavy atom. The van der Waals surface area contributed by atoms with Gasteiger partial charge in [0.2, 0.25) is 0 Å². The minimum Gasteiger partial charge on any atom is -0.261 e. The van der Waals surface area contributed by atoms with Gasteiger partial charge in [-0.1, -0.05) is 20.8 Å². The molecule has 0 saturated carbocycles. The summed E-state index contributed by atoms with van der Waals surface area (Å²) >= 11 is 4.46. The molecule has 1 rings (SSSR count). The van der Waals surface area contributed by atoms with Gasteiger partial charge in [0.05, 0.1) is 0 Å². The van der Waals surface area contributed by atoms with E-state index in [0.29, 0.717) is 5.41 Å². The van der Waals surface area contributed by atoms with E-state index in [9.17, 15) is 0 Å². The number of hydrogen-bond donors (Lipinski definition) is 2. The molecule has 0 amide bonds. The summed E-state index contributed by atoms with van der Waals surface area (Å²) in [6, 6.07) is 0. The zero-order valence-corrected chi connectivity index (χ0v) is 13.3. The van der Waals surface area contributed by atoms with E-state index < -0.39 is 0 Å². The van der Waals surface area contributed by atoms with E-state index in [1.807, 2.05) is 0 Å². The van der Waals surface area contributed by atoms with Gasteiger partial charge in [0.1, 0.15) is 0 Å². The van der Waals surface area contributed by atoms with Crippen molar-refractivity contribution in [1.29, 1.82) is 0 Å². The standard InChI is InChI=1S/C9H19I2N3/c1-9(2,3)8-6-14(13-11)5-7(8)4-12-10/h7-8,12-13H,4-6H2,1-3H3. The van der Waals surface area contributed by atoms with E-state index in [2.05, 4.69) is 78.7 Å². The molecule has 1 fully saturated rings. The van der Waals surface area contributed by atoms with Crippen molar-refractivity contribution in [3.63, 3.8) is 0 Å². The highest BCUT2D eigenvalue weighted by atomic mass is 127. The van der Waals surface area contributed by atoms with Crippen LogP contribution < -0.4 is 7.17 Å². The molecule has 0 radical (unpaired) electrons. The lowest BCUT2D eigenvalue weighted by Gasteiger charge is -2.31. The Hall–Kier alpha value is 1.34. The highest BCUT2D eigenvalue weighted by molar-refractivity contribution is 14.1. The van der Waals surface area contributed by atoms with Crippen molar-refractivity contribution in [3.8, 4) is 0 Å². The summed E-state index contributed by atoms with van der Waals surface area (Å²) in [4.78, 5) is 0. The third kappa shape index (κ3) is 3.43. The number of hydrazine groups is 1. The zero-order chi connectivity index (χ0) is 10.8. The van der Waals surface area contributed by atoms with E-state index in [-0.39, 0.29) is 0 Å². The van der Waals surface area contributed by atoms with Gasteiger partial charge in [-0.3, -0.25) is 3.53 Å². The maximum absolute atomic E-state index is 3.27. The minimum absolute atomic E-state index is 0.403. The monoisotopic (exact) mass is 423 g/mol. The molecule has 84 valence electrons. The van der Waals surface area contributed by atoms with Crippen LogP contribution in [-0.4, -0.2) is 24.6 Å². The second-order valence-corrected chi connectivity index (χ2v) is 6.31. The molecule has 0 aromatic carbocycles. The number of hydrogen-bond acceptors (Lipinski definition) is 3. The van der Waals surface area contributed by atoms with Crippen LogP contribution in [0.5, 0.6) is 0 Å². The van der Waals surface area contributed by atoms with Gasteiger partial charge in [0.15, 0.2) is 0 Å². The molecule has 2 unspecified atom stereocenters. The lowest BCUT2D eigenvalue weighted by Crippen LogP contribution is -2.32. The first kappa shape index (κ1) is 13.4. The average molecular weight is 423 g/mol. The molecular weight excluding hydrogens is 404 g/mol. The predicted octanol–water partition coefficient (Wildman–Crippen LogP) is 2.37. The van der Waals surface area contributed by atoms with Crippen molar-refractivity contribution >= 4 is 45.7 Å². The average Bonchev–Trinajstić information content (AvgIpc) is 2.48. The topological polar surface area (TPSA) is 27.3 Å². The van der Waals surface area contributed by atoms with Gasteiger partial charge in [-0.05, 0) is 17.3 Å². The van der Waals surface area contributed by atoms with E-state index in [0.717, 1.165) is 31.5 Å². The van der Waals surface area contributed by atoms with E-state index in [4.69, 9.17) is 0 Å². The first-order chi connectivity index (χ1) is 6.49. The van der Waals surface area contributed by atoms with Crippen molar-refractivity contribution < 1.29 is 0 Å². The first-order valence-electron chi connectivity index (χ1n) is 4.93. The van der Waals surface area contributed by atoms with Gasteiger partial charge in [-0.2, -0.15) is 3.64 Å². The van der Waals surface area contributed by atoms with Crippen molar-refractivity contribution in [3.05, 3.63) is 0 Å². The Labute approximate surface area is 115 Å². The molecular formula is C9H19I2N3. The van der Waals surface area contributed by atoms with Gasteiger partial charge in [-0.15, -0.1) is 0 Å². The molecule has 0 aliphatic carbocycles. The normalized spacial score (nSPS) is 29.8. The summed E-state index contributed by atoms with van der Waals surface area (Å²) in [6.07, 6.45) is 0. The SMILES string of the molecule is CC(C)(C)C1CN(NI)CC1CNI. The summed E-state index contributed by atoms with van der Waals surface area (Å²) < 4.78 is 6.50. The number of nitrogens with zero attached hydrogens (tertiary/aromatic N) is 1. The van der Waals surface area contributed by atoms with Crippen molar-refractivity contribution in [1.82, 2.24) is 12.2 Å². The second kappa shape index (κ2) is 5.60. The van der Waals surface area contributed by atoms with E-state index in [1.54, 1.807) is 0 Å². The lowest BCUT2D eigenvalue weighted by atomic mass is 9.75. The Bertz CT molecular complexity index is 181. The van der Waals surface area contributed by atoms with Crippen molar-refractivity contribution in [2.75, 3.05) is 19.6 Å². The van der Waals surface area contributed by atoms with Crippen LogP contribution in [0.4, 0.5) is 0 Å². The highest BCUT2D eigenvalue weighted by Crippen LogP contribution is 2.37. The minimum atomic E-state index is 0.403. The molecule has 1 heterocycles. The molecule has 1 aliphatic heterocycles. The van der Waals surface area contributed by atoms with Crippen LogP contribution in [0.1, 0.15) is 20.8 Å². The fraction of sp³-hybridized carbons (Fsp3) is 1.00. The van der Waals surface area contributed by atoms with Gasteiger partial charge in [0, 0.05) is 65.4 Å². The van der Waals surface area contributed by atoms with Crippen LogP contribution in [0.25, 0.3) is 0 Å². The zero-order valence-electron chi connectivity index (χ0n) is 8.98. The maximum atomic E-state index is 3.27. The first-order valence-corrected chi connectivity index (χ1v) is 7.09. The van der Waals surface area contributed by atoms with E-state index >= 15 is 0 Å². The summed E-state index contributed by atoms with van der Waals surface area (Å²) in [5, 5.41) is 2.31. The van der Waals surface area contributed by atoms with Gasteiger partial charge in [-0.25, -0.2) is 5.01 Å². The lowest BCUT2D eigenvalue weighted by molar-refractivity contribution is 0.195. The molecule has 2 N–H and O–H groups in total. The molecule has 0 aromatic rings. The second-order valence-electron chi connectivity index (χ2n) is 5.06. The molecule has 1 saturated heterocycles. The van der Waals surface area contributed by atoms with Crippen molar-refractivity contribution in [2.45, 2.75) is 20.8 Å². The van der Waals surface area contributed by atoms with Crippen LogP contribution in [0, 0.1) is 17.3 Å². The Balaban J connectivity index is 2.62. The molecule has 2 atom stereocenters. The van der Waals surface area contributed by atoms with Crippen LogP contribution >= 0.6 is 45.7 Å². The Morgan fingerprint density at radius 2 is 1.93 bits per heavy atom. The Morgan fingerprint density at radius 3 is 2.36 bits per heavy atom. The van der Waals surface area contributed by atoms with Crippen LogP contribution in [0.3, 0.4) is 0 Å². The summed E-state index contributed by atoms with van der Waals surface area (Å²) in [5.41, 5.74) is 0.403. The third-order valence-corrected chi connectivity index (χ3v) is 4.13. The molecule has 0 bridgehead atoms. The van der Waals surface area contributed by atoms with Crippen molar-refractivity contribution in [2.24, 2.45) is 17.3 Å². The number of rotatable bonds is 3. The van der Waals surface area contributed by atoms with Gasteiger partial charge in [0.25, 0.3) is 0 Å². The third-order valence-electron chi connectivity index (χ3n) is 3.01. The largest absolute Gasteiger partial charge is 0.261 e. The van der Waals surface area contributed by atoms with Crippen LogP contribution in [-0.2, 0) is 0 Å². The number of halogens is 2. The summed E-state index contributed by atoms with van der Waals surface area (Å²) in [6.45, 7) is 10.4. The fourth-order valence-electron chi connectivity index (χ4n) is 2.23. The van der Waals surface area contributed by atoms with Crippen LogP contribution in [0.2, 0.25) is 0 Å². The molecule has 1 aliphatic rings. The fourth-order valence-corrected chi connectivity index (χ4v) is 3.19. The smallest absolute Gasteiger partial charge is 0.0336 e.